The molecule has 0 aliphatic carbocycles. The number of carbonyl (C=O) groups is 1. The third-order valence-electron chi connectivity index (χ3n) is 4.64. The lowest BCUT2D eigenvalue weighted by molar-refractivity contribution is -0.125. The van der Waals surface area contributed by atoms with Crippen molar-refractivity contribution in [3.05, 3.63) is 42.0 Å². The van der Waals surface area contributed by atoms with Crippen molar-refractivity contribution in [1.82, 2.24) is 19.8 Å². The highest BCUT2D eigenvalue weighted by Crippen LogP contribution is 2.25. The highest BCUT2D eigenvalue weighted by molar-refractivity contribution is 7.89. The van der Waals surface area contributed by atoms with Gasteiger partial charge < -0.3 is 9.84 Å². The first-order valence-corrected chi connectivity index (χ1v) is 10.8. The van der Waals surface area contributed by atoms with Gasteiger partial charge in [0.15, 0.2) is 5.82 Å². The van der Waals surface area contributed by atoms with Crippen LogP contribution in [0.3, 0.4) is 0 Å². The van der Waals surface area contributed by atoms with Crippen LogP contribution in [-0.4, -0.2) is 41.4 Å². The summed E-state index contributed by atoms with van der Waals surface area (Å²) in [6, 6.07) is 7.46. The summed E-state index contributed by atoms with van der Waals surface area (Å²) in [5.74, 6) is 0.510. The van der Waals surface area contributed by atoms with Gasteiger partial charge in [0.25, 0.3) is 0 Å². The number of aromatic nitrogens is 2. The second-order valence-corrected chi connectivity index (χ2v) is 9.81. The zero-order valence-electron chi connectivity index (χ0n) is 16.4. The van der Waals surface area contributed by atoms with Gasteiger partial charge in [-0.2, -0.15) is 9.29 Å². The molecule has 1 amide bonds. The van der Waals surface area contributed by atoms with E-state index in [1.807, 2.05) is 20.8 Å². The van der Waals surface area contributed by atoms with Crippen molar-refractivity contribution in [2.45, 2.75) is 62.9 Å². The van der Waals surface area contributed by atoms with Gasteiger partial charge in [0.1, 0.15) is 6.04 Å². The molecule has 1 aromatic carbocycles. The molecule has 9 heteroatoms. The van der Waals surface area contributed by atoms with Crippen molar-refractivity contribution in [2.24, 2.45) is 0 Å². The van der Waals surface area contributed by atoms with Crippen LogP contribution in [0.25, 0.3) is 0 Å². The maximum atomic E-state index is 13.0. The average molecular weight is 407 g/mol. The molecule has 1 aliphatic heterocycles. The molecule has 0 spiro atoms. The molecule has 1 unspecified atom stereocenters. The van der Waals surface area contributed by atoms with E-state index in [2.05, 4.69) is 15.5 Å². The predicted octanol–water partition coefficient (Wildman–Crippen LogP) is 2.23. The molecule has 0 bridgehead atoms. The molecule has 1 saturated heterocycles. The van der Waals surface area contributed by atoms with E-state index >= 15 is 0 Å². The van der Waals surface area contributed by atoms with Gasteiger partial charge in [0.2, 0.25) is 21.8 Å². The highest BCUT2D eigenvalue weighted by Gasteiger charge is 2.37. The SMILES string of the molecule is CC(C)(C)c1nc(CNC(=O)C2CCCCN2S(=O)(=O)c2ccccc2)no1. The van der Waals surface area contributed by atoms with Gasteiger partial charge in [0.05, 0.1) is 11.4 Å². The van der Waals surface area contributed by atoms with E-state index in [4.69, 9.17) is 4.52 Å². The lowest BCUT2D eigenvalue weighted by Crippen LogP contribution is -2.51. The molecule has 28 heavy (non-hydrogen) atoms. The number of nitrogens with one attached hydrogen (secondary N) is 1. The number of amides is 1. The standard InChI is InChI=1S/C19H26N4O4S/c1-19(2,3)18-21-16(22-27-18)13-20-17(24)15-11-7-8-12-23(15)28(25,26)14-9-5-4-6-10-14/h4-6,9-10,15H,7-8,11-13H2,1-3H3,(H,20,24). The van der Waals surface area contributed by atoms with Gasteiger partial charge >= 0.3 is 0 Å². The summed E-state index contributed by atoms with van der Waals surface area (Å²) >= 11 is 0. The van der Waals surface area contributed by atoms with Crippen LogP contribution in [0.4, 0.5) is 0 Å². The van der Waals surface area contributed by atoms with E-state index in [1.165, 1.54) is 4.31 Å². The van der Waals surface area contributed by atoms with Crippen LogP contribution in [-0.2, 0) is 26.8 Å². The molecule has 1 atom stereocenters. The molecule has 152 valence electrons. The molecule has 0 saturated carbocycles. The number of benzene rings is 1. The maximum absolute atomic E-state index is 13.0. The molecule has 1 fully saturated rings. The quantitative estimate of drug-likeness (QED) is 0.816. The second kappa shape index (κ2) is 8.00. The number of rotatable bonds is 5. The number of hydrogen-bond donors (Lipinski definition) is 1. The van der Waals surface area contributed by atoms with Crippen LogP contribution in [0.1, 0.15) is 51.7 Å². The molecule has 2 aromatic rings. The minimum absolute atomic E-state index is 0.0914. The van der Waals surface area contributed by atoms with Crippen molar-refractivity contribution in [3.63, 3.8) is 0 Å². The molecular formula is C19H26N4O4S. The fraction of sp³-hybridized carbons (Fsp3) is 0.526. The molecule has 0 radical (unpaired) electrons. The molecule has 1 N–H and O–H groups in total. The van der Waals surface area contributed by atoms with Crippen molar-refractivity contribution in [1.29, 1.82) is 0 Å². The Morgan fingerprint density at radius 2 is 1.96 bits per heavy atom. The highest BCUT2D eigenvalue weighted by atomic mass is 32.2. The summed E-state index contributed by atoms with van der Waals surface area (Å²) < 4.78 is 32.5. The summed E-state index contributed by atoms with van der Waals surface area (Å²) in [6.45, 7) is 6.28. The number of nitrogens with zero attached hydrogens (tertiary/aromatic N) is 3. The van der Waals surface area contributed by atoms with Crippen LogP contribution in [0.5, 0.6) is 0 Å². The van der Waals surface area contributed by atoms with Gasteiger partial charge in [-0.3, -0.25) is 4.79 Å². The lowest BCUT2D eigenvalue weighted by atomic mass is 9.97. The number of piperidine rings is 1. The van der Waals surface area contributed by atoms with Crippen LogP contribution >= 0.6 is 0 Å². The van der Waals surface area contributed by atoms with Crippen LogP contribution in [0.2, 0.25) is 0 Å². The topological polar surface area (TPSA) is 105 Å². The van der Waals surface area contributed by atoms with Crippen LogP contribution in [0, 0.1) is 0 Å². The number of carbonyl (C=O) groups excluding carboxylic acids is 1. The number of sulfonamides is 1. The van der Waals surface area contributed by atoms with E-state index in [9.17, 15) is 13.2 Å². The first kappa shape index (κ1) is 20.5. The van der Waals surface area contributed by atoms with Crippen molar-refractivity contribution in [3.8, 4) is 0 Å². The number of hydrogen-bond acceptors (Lipinski definition) is 6. The van der Waals surface area contributed by atoms with Gasteiger partial charge in [0, 0.05) is 12.0 Å². The Morgan fingerprint density at radius 3 is 2.61 bits per heavy atom. The minimum Gasteiger partial charge on any atom is -0.347 e. The normalized spacial score (nSPS) is 18.8. The zero-order chi connectivity index (χ0) is 20.4. The van der Waals surface area contributed by atoms with E-state index in [-0.39, 0.29) is 22.8 Å². The van der Waals surface area contributed by atoms with E-state index in [0.717, 1.165) is 12.8 Å². The lowest BCUT2D eigenvalue weighted by Gasteiger charge is -2.33. The minimum atomic E-state index is -3.73. The average Bonchev–Trinajstić information content (AvgIpc) is 3.16. The van der Waals surface area contributed by atoms with Crippen LogP contribution in [0.15, 0.2) is 39.8 Å². The molecule has 8 nitrogen and oxygen atoms in total. The van der Waals surface area contributed by atoms with Gasteiger partial charge in [-0.25, -0.2) is 8.42 Å². The third-order valence-corrected chi connectivity index (χ3v) is 6.56. The van der Waals surface area contributed by atoms with Crippen LogP contribution < -0.4 is 5.32 Å². The Morgan fingerprint density at radius 1 is 1.25 bits per heavy atom. The second-order valence-electron chi connectivity index (χ2n) is 7.92. The Kier molecular flexibility index (Phi) is 5.85. The van der Waals surface area contributed by atoms with E-state index < -0.39 is 16.1 Å². The molecule has 3 rings (SSSR count). The van der Waals surface area contributed by atoms with Crippen molar-refractivity contribution < 1.29 is 17.7 Å². The summed E-state index contributed by atoms with van der Waals surface area (Å²) in [4.78, 5) is 17.2. The summed E-state index contributed by atoms with van der Waals surface area (Å²) in [6.07, 6.45) is 2.02. The molecule has 2 heterocycles. The van der Waals surface area contributed by atoms with Crippen molar-refractivity contribution in [2.75, 3.05) is 6.54 Å². The third kappa shape index (κ3) is 4.41. The smallest absolute Gasteiger partial charge is 0.243 e. The van der Waals surface area contributed by atoms with Gasteiger partial charge in [-0.1, -0.05) is 50.5 Å². The summed E-state index contributed by atoms with van der Waals surface area (Å²) in [5.41, 5.74) is -0.279. The summed E-state index contributed by atoms with van der Waals surface area (Å²) in [5, 5.41) is 6.64. The Balaban J connectivity index is 1.71. The maximum Gasteiger partial charge on any atom is 0.243 e. The van der Waals surface area contributed by atoms with E-state index in [1.54, 1.807) is 30.3 Å². The van der Waals surface area contributed by atoms with Crippen molar-refractivity contribution >= 4 is 15.9 Å². The molecule has 1 aliphatic rings. The largest absolute Gasteiger partial charge is 0.347 e. The Hall–Kier alpha value is -2.26. The fourth-order valence-corrected chi connectivity index (χ4v) is 4.77. The Bertz CT molecular complexity index is 919. The first-order chi connectivity index (χ1) is 13.2. The molecule has 1 aromatic heterocycles. The van der Waals surface area contributed by atoms with Gasteiger partial charge in [-0.05, 0) is 25.0 Å². The fourth-order valence-electron chi connectivity index (χ4n) is 3.10. The van der Waals surface area contributed by atoms with Gasteiger partial charge in [-0.15, -0.1) is 0 Å². The summed E-state index contributed by atoms with van der Waals surface area (Å²) in [7, 11) is -3.73. The van der Waals surface area contributed by atoms with E-state index in [0.29, 0.717) is 24.7 Å². The Labute approximate surface area is 165 Å². The monoisotopic (exact) mass is 406 g/mol. The zero-order valence-corrected chi connectivity index (χ0v) is 17.2. The first-order valence-electron chi connectivity index (χ1n) is 9.37. The predicted molar refractivity (Wildman–Crippen MR) is 103 cm³/mol. The molecular weight excluding hydrogens is 380 g/mol.